The number of rotatable bonds is 5. The van der Waals surface area contributed by atoms with Crippen LogP contribution in [-0.4, -0.2) is 55.7 Å². The number of thioether (sulfide) groups is 1. The summed E-state index contributed by atoms with van der Waals surface area (Å²) in [6.07, 6.45) is -3.64. The largest absolute Gasteiger partial charge is 0.573 e. The van der Waals surface area contributed by atoms with Crippen molar-refractivity contribution in [2.75, 3.05) is 13.1 Å². The van der Waals surface area contributed by atoms with Crippen molar-refractivity contribution in [3.05, 3.63) is 24.3 Å². The molecule has 1 saturated heterocycles. The molecule has 0 unspecified atom stereocenters. The Labute approximate surface area is 170 Å². The average molecular weight is 429 g/mol. The first-order chi connectivity index (χ1) is 13.6. The van der Waals surface area contributed by atoms with E-state index in [1.165, 1.54) is 40.7 Å². The first kappa shape index (κ1) is 21.4. The first-order valence-electron chi connectivity index (χ1n) is 9.22. The number of carbonyl (C=O) groups excluding carboxylic acids is 1. The Morgan fingerprint density at radius 3 is 2.41 bits per heavy atom. The van der Waals surface area contributed by atoms with Gasteiger partial charge < -0.3 is 9.64 Å². The molecule has 11 heteroatoms. The van der Waals surface area contributed by atoms with Crippen LogP contribution in [0.25, 0.3) is 5.69 Å². The molecule has 1 aliphatic heterocycles. The number of aromatic nitrogens is 4. The zero-order valence-electron chi connectivity index (χ0n) is 16.3. The Hall–Kier alpha value is -2.30. The number of benzene rings is 1. The number of hydrogen-bond acceptors (Lipinski definition) is 6. The summed E-state index contributed by atoms with van der Waals surface area (Å²) in [6.45, 7) is 7.55. The van der Waals surface area contributed by atoms with Gasteiger partial charge in [0.2, 0.25) is 11.1 Å². The van der Waals surface area contributed by atoms with Gasteiger partial charge in [-0.05, 0) is 59.9 Å². The number of likely N-dealkylation sites (tertiary alicyclic amines) is 1. The lowest BCUT2D eigenvalue weighted by Gasteiger charge is -2.36. The van der Waals surface area contributed by atoms with Crippen LogP contribution >= 0.6 is 11.8 Å². The van der Waals surface area contributed by atoms with Crippen LogP contribution in [0.15, 0.2) is 29.4 Å². The maximum absolute atomic E-state index is 12.8. The maximum atomic E-state index is 12.8. The molecule has 2 aromatic rings. The lowest BCUT2D eigenvalue weighted by molar-refractivity contribution is -0.274. The average Bonchev–Trinajstić information content (AvgIpc) is 3.07. The Kier molecular flexibility index (Phi) is 6.35. The highest BCUT2D eigenvalue weighted by Crippen LogP contribution is 2.28. The molecule has 0 spiro atoms. The Bertz CT molecular complexity index is 833. The summed E-state index contributed by atoms with van der Waals surface area (Å²) in [5.74, 6) is 0.614. The lowest BCUT2D eigenvalue weighted by Crippen LogP contribution is -2.45. The molecule has 29 heavy (non-hydrogen) atoms. The van der Waals surface area contributed by atoms with Gasteiger partial charge >= 0.3 is 6.36 Å². The minimum Gasteiger partial charge on any atom is -0.406 e. The van der Waals surface area contributed by atoms with E-state index in [-0.39, 0.29) is 11.7 Å². The number of alkyl halides is 3. The molecule has 158 valence electrons. The second-order valence-corrected chi connectivity index (χ2v) is 8.67. The van der Waals surface area contributed by atoms with Crippen molar-refractivity contribution in [3.8, 4) is 11.4 Å². The van der Waals surface area contributed by atoms with Crippen LogP contribution in [0.1, 0.15) is 27.2 Å². The van der Waals surface area contributed by atoms with E-state index in [1.807, 2.05) is 4.90 Å². The van der Waals surface area contributed by atoms with Gasteiger partial charge in [-0.2, -0.15) is 4.68 Å². The van der Waals surface area contributed by atoms with Gasteiger partial charge in [0.05, 0.1) is 10.9 Å². The third-order valence-corrected chi connectivity index (χ3v) is 5.59. The van der Waals surface area contributed by atoms with E-state index >= 15 is 0 Å². The molecule has 2 heterocycles. The maximum Gasteiger partial charge on any atom is 0.573 e. The van der Waals surface area contributed by atoms with E-state index in [4.69, 9.17) is 0 Å². The molecule has 1 aromatic carbocycles. The highest BCUT2D eigenvalue weighted by Gasteiger charge is 2.31. The molecule has 3 rings (SSSR count). The van der Waals surface area contributed by atoms with Crippen molar-refractivity contribution < 1.29 is 22.7 Å². The van der Waals surface area contributed by atoms with Gasteiger partial charge in [0.1, 0.15) is 5.75 Å². The summed E-state index contributed by atoms with van der Waals surface area (Å²) in [6, 6.07) is 5.21. The molecule has 1 aromatic heterocycles. The van der Waals surface area contributed by atoms with Crippen LogP contribution in [0, 0.1) is 11.8 Å². The smallest absolute Gasteiger partial charge is 0.406 e. The van der Waals surface area contributed by atoms with Gasteiger partial charge in [0.25, 0.3) is 0 Å². The summed E-state index contributed by atoms with van der Waals surface area (Å²) in [4.78, 5) is 14.7. The highest BCUT2D eigenvalue weighted by atomic mass is 32.2. The van der Waals surface area contributed by atoms with Crippen molar-refractivity contribution in [1.82, 2.24) is 25.1 Å². The molecule has 7 nitrogen and oxygen atoms in total. The third-order valence-electron chi connectivity index (χ3n) is 4.57. The minimum absolute atomic E-state index is 0.0249. The van der Waals surface area contributed by atoms with Crippen molar-refractivity contribution >= 4 is 17.7 Å². The number of amides is 1. The zero-order chi connectivity index (χ0) is 21.2. The fraction of sp³-hybridized carbons (Fsp3) is 0.556. The van der Waals surface area contributed by atoms with E-state index in [0.29, 0.717) is 22.7 Å². The van der Waals surface area contributed by atoms with Crippen LogP contribution in [0.2, 0.25) is 0 Å². The molecule has 0 N–H and O–H groups in total. The molecule has 1 amide bonds. The molecule has 3 atom stereocenters. The van der Waals surface area contributed by atoms with Crippen LogP contribution in [0.3, 0.4) is 0 Å². The molecule has 1 fully saturated rings. The van der Waals surface area contributed by atoms with Crippen molar-refractivity contribution in [2.24, 2.45) is 11.8 Å². The predicted octanol–water partition coefficient (Wildman–Crippen LogP) is 3.55. The van der Waals surface area contributed by atoms with E-state index in [2.05, 4.69) is 34.1 Å². The second-order valence-electron chi connectivity index (χ2n) is 7.36. The number of tetrazole rings is 1. The number of nitrogens with zero attached hydrogens (tertiary/aromatic N) is 5. The van der Waals surface area contributed by atoms with Crippen LogP contribution in [0.5, 0.6) is 5.75 Å². The molecule has 0 bridgehead atoms. The van der Waals surface area contributed by atoms with Crippen molar-refractivity contribution in [1.29, 1.82) is 0 Å². The van der Waals surface area contributed by atoms with Gasteiger partial charge in [-0.25, -0.2) is 0 Å². The van der Waals surface area contributed by atoms with Gasteiger partial charge in [-0.3, -0.25) is 4.79 Å². The lowest BCUT2D eigenvalue weighted by atomic mass is 9.92. The number of hydrogen-bond donors (Lipinski definition) is 0. The summed E-state index contributed by atoms with van der Waals surface area (Å²) in [7, 11) is 0. The molecular weight excluding hydrogens is 407 g/mol. The Morgan fingerprint density at radius 1 is 1.21 bits per heavy atom. The molecule has 0 radical (unpaired) electrons. The van der Waals surface area contributed by atoms with E-state index in [0.717, 1.165) is 19.5 Å². The summed E-state index contributed by atoms with van der Waals surface area (Å²) < 4.78 is 42.2. The predicted molar refractivity (Wildman–Crippen MR) is 101 cm³/mol. The SMILES string of the molecule is C[C@@H]1C[C@H](C)CN(C(=O)[C@@H](C)Sc2nnnn2-c2ccc(OC(F)(F)F)cc2)C1. The van der Waals surface area contributed by atoms with E-state index in [9.17, 15) is 18.0 Å². The molecule has 0 aliphatic carbocycles. The topological polar surface area (TPSA) is 73.1 Å². The van der Waals surface area contributed by atoms with Crippen LogP contribution < -0.4 is 4.74 Å². The number of carbonyl (C=O) groups is 1. The molecule has 1 aliphatic rings. The minimum atomic E-state index is -4.75. The van der Waals surface area contributed by atoms with Crippen molar-refractivity contribution in [3.63, 3.8) is 0 Å². The number of ether oxygens (including phenoxy) is 1. The quantitative estimate of drug-likeness (QED) is 0.677. The van der Waals surface area contributed by atoms with Crippen LogP contribution in [0.4, 0.5) is 13.2 Å². The van der Waals surface area contributed by atoms with Crippen LogP contribution in [-0.2, 0) is 4.79 Å². The number of piperidine rings is 1. The van der Waals surface area contributed by atoms with Crippen molar-refractivity contribution in [2.45, 2.75) is 44.0 Å². The summed E-state index contributed by atoms with van der Waals surface area (Å²) in [5, 5.41) is 11.5. The van der Waals surface area contributed by atoms with Gasteiger partial charge in [-0.15, -0.1) is 18.3 Å². The highest BCUT2D eigenvalue weighted by molar-refractivity contribution is 8.00. The summed E-state index contributed by atoms with van der Waals surface area (Å²) >= 11 is 1.21. The fourth-order valence-corrected chi connectivity index (χ4v) is 4.40. The normalized spacial score (nSPS) is 21.1. The first-order valence-corrected chi connectivity index (χ1v) is 10.1. The fourth-order valence-electron chi connectivity index (χ4n) is 3.51. The zero-order valence-corrected chi connectivity index (χ0v) is 17.1. The third kappa shape index (κ3) is 5.62. The molecular formula is C18H22F3N5O2S. The second kappa shape index (κ2) is 8.60. The standard InChI is InChI=1S/C18H22F3N5O2S/c1-11-8-12(2)10-25(9-11)16(27)13(3)29-17-22-23-24-26(17)14-4-6-15(7-5-14)28-18(19,20)21/h4-7,11-13H,8-10H2,1-3H3/t11-,12+,13-/m1/s1. The summed E-state index contributed by atoms with van der Waals surface area (Å²) in [5.41, 5.74) is 0.465. The van der Waals surface area contributed by atoms with Gasteiger partial charge in [0, 0.05) is 13.1 Å². The molecule has 0 saturated carbocycles. The Morgan fingerprint density at radius 2 is 1.83 bits per heavy atom. The van der Waals surface area contributed by atoms with Gasteiger partial charge in [0.15, 0.2) is 0 Å². The number of halogens is 3. The van der Waals surface area contributed by atoms with E-state index in [1.54, 1.807) is 6.92 Å². The van der Waals surface area contributed by atoms with Gasteiger partial charge in [-0.1, -0.05) is 25.6 Å². The van der Waals surface area contributed by atoms with E-state index < -0.39 is 11.6 Å². The Balaban J connectivity index is 1.69. The monoisotopic (exact) mass is 429 g/mol.